The molecule has 0 unspecified atom stereocenters. The fourth-order valence-corrected chi connectivity index (χ4v) is 2.45. The number of nitrogens with one attached hydrogen (secondary N) is 2. The average molecular weight is 372 g/mol. The lowest BCUT2D eigenvalue weighted by Crippen LogP contribution is -2.38. The minimum atomic E-state index is -0.266. The van der Waals surface area contributed by atoms with Crippen molar-refractivity contribution in [1.82, 2.24) is 10.6 Å². The highest BCUT2D eigenvalue weighted by atomic mass is 16.5. The van der Waals surface area contributed by atoms with Gasteiger partial charge in [-0.3, -0.25) is 0 Å². The van der Waals surface area contributed by atoms with E-state index >= 15 is 0 Å². The first kappa shape index (κ1) is 20.4. The second-order valence-corrected chi connectivity index (χ2v) is 5.93. The van der Waals surface area contributed by atoms with E-state index in [0.717, 1.165) is 28.4 Å². The van der Waals surface area contributed by atoms with Crippen LogP contribution in [0.15, 0.2) is 42.5 Å². The summed E-state index contributed by atoms with van der Waals surface area (Å²) in [5.74, 6) is 2.19. The summed E-state index contributed by atoms with van der Waals surface area (Å²) in [5, 5.41) is 5.49. The lowest BCUT2D eigenvalue weighted by Gasteiger charge is -2.13. The van der Waals surface area contributed by atoms with Crippen LogP contribution in [0.5, 0.6) is 17.2 Å². The zero-order valence-electron chi connectivity index (χ0n) is 16.2. The molecular weight excluding hydrogens is 344 g/mol. The second kappa shape index (κ2) is 11.0. The molecule has 0 saturated carbocycles. The zero-order valence-corrected chi connectivity index (χ0v) is 16.2. The van der Waals surface area contributed by atoms with Crippen molar-refractivity contribution < 1.29 is 19.0 Å². The van der Waals surface area contributed by atoms with Crippen molar-refractivity contribution in [3.63, 3.8) is 0 Å². The van der Waals surface area contributed by atoms with Gasteiger partial charge in [0.05, 0.1) is 13.2 Å². The van der Waals surface area contributed by atoms with E-state index in [4.69, 9.17) is 14.2 Å². The molecule has 27 heavy (non-hydrogen) atoms. The SMILES string of the molecule is CCOc1ccc(CCNC(=O)NCOc2ccc(C)cc2)cc1OCC. The number of rotatable bonds is 10. The van der Waals surface area contributed by atoms with Gasteiger partial charge in [0, 0.05) is 6.54 Å². The van der Waals surface area contributed by atoms with E-state index < -0.39 is 0 Å². The topological polar surface area (TPSA) is 68.8 Å². The molecule has 2 rings (SSSR count). The molecule has 0 atom stereocenters. The number of carbonyl (C=O) groups excluding carboxylic acids is 1. The van der Waals surface area contributed by atoms with Crippen LogP contribution >= 0.6 is 0 Å². The first-order valence-electron chi connectivity index (χ1n) is 9.22. The van der Waals surface area contributed by atoms with Crippen LogP contribution in [0.25, 0.3) is 0 Å². The van der Waals surface area contributed by atoms with Crippen molar-refractivity contribution in [2.24, 2.45) is 0 Å². The normalized spacial score (nSPS) is 10.2. The van der Waals surface area contributed by atoms with Crippen molar-refractivity contribution in [3.05, 3.63) is 53.6 Å². The van der Waals surface area contributed by atoms with Gasteiger partial charge >= 0.3 is 6.03 Å². The molecule has 0 aromatic heterocycles. The van der Waals surface area contributed by atoms with Crippen molar-refractivity contribution in [1.29, 1.82) is 0 Å². The Labute approximate surface area is 160 Å². The lowest BCUT2D eigenvalue weighted by atomic mass is 10.1. The quantitative estimate of drug-likeness (QED) is 0.625. The molecule has 0 fully saturated rings. The summed E-state index contributed by atoms with van der Waals surface area (Å²) >= 11 is 0. The third kappa shape index (κ3) is 7.09. The van der Waals surface area contributed by atoms with E-state index in [2.05, 4.69) is 10.6 Å². The van der Waals surface area contributed by atoms with Crippen LogP contribution in [0, 0.1) is 6.92 Å². The average Bonchev–Trinajstić information content (AvgIpc) is 2.66. The highest BCUT2D eigenvalue weighted by molar-refractivity contribution is 5.73. The molecule has 0 heterocycles. The molecule has 146 valence electrons. The van der Waals surface area contributed by atoms with Gasteiger partial charge in [-0.1, -0.05) is 23.8 Å². The Hall–Kier alpha value is -2.89. The number of carbonyl (C=O) groups is 1. The minimum Gasteiger partial charge on any atom is -0.490 e. The first-order chi connectivity index (χ1) is 13.1. The van der Waals surface area contributed by atoms with Gasteiger partial charge in [0.1, 0.15) is 5.75 Å². The predicted octanol–water partition coefficient (Wildman–Crippen LogP) is 3.67. The van der Waals surface area contributed by atoms with Crippen molar-refractivity contribution in [3.8, 4) is 17.2 Å². The summed E-state index contributed by atoms with van der Waals surface area (Å²) in [6.45, 7) is 7.68. The number of benzene rings is 2. The Balaban J connectivity index is 1.72. The van der Waals surface area contributed by atoms with Crippen molar-refractivity contribution >= 4 is 6.03 Å². The lowest BCUT2D eigenvalue weighted by molar-refractivity contribution is 0.224. The molecule has 2 aromatic rings. The summed E-state index contributed by atoms with van der Waals surface area (Å²) < 4.78 is 16.6. The molecule has 2 aromatic carbocycles. The Morgan fingerprint density at radius 3 is 2.30 bits per heavy atom. The van der Waals surface area contributed by atoms with Gasteiger partial charge in [-0.2, -0.15) is 0 Å². The number of urea groups is 1. The van der Waals surface area contributed by atoms with Crippen molar-refractivity contribution in [2.75, 3.05) is 26.5 Å². The van der Waals surface area contributed by atoms with Crippen LogP contribution in [0.2, 0.25) is 0 Å². The molecule has 2 amide bonds. The first-order valence-corrected chi connectivity index (χ1v) is 9.22. The van der Waals surface area contributed by atoms with Gasteiger partial charge in [-0.05, 0) is 57.0 Å². The Kier molecular flexibility index (Phi) is 8.29. The Morgan fingerprint density at radius 1 is 0.889 bits per heavy atom. The minimum absolute atomic E-state index is 0.117. The maximum Gasteiger partial charge on any atom is 0.317 e. The summed E-state index contributed by atoms with van der Waals surface area (Å²) in [5.41, 5.74) is 2.23. The molecular formula is C21H28N2O4. The number of ether oxygens (including phenoxy) is 3. The molecule has 6 heteroatoms. The summed E-state index contributed by atoms with van der Waals surface area (Å²) in [6, 6.07) is 13.2. The number of hydrogen-bond acceptors (Lipinski definition) is 4. The standard InChI is InChI=1S/C21H28N2O4/c1-4-25-19-11-8-17(14-20(19)26-5-2)12-13-22-21(24)23-15-27-18-9-6-16(3)7-10-18/h6-11,14H,4-5,12-13,15H2,1-3H3,(H2,22,23,24). The number of hydrogen-bond donors (Lipinski definition) is 2. The van der Waals surface area contributed by atoms with Crippen LogP contribution in [0.3, 0.4) is 0 Å². The monoisotopic (exact) mass is 372 g/mol. The molecule has 0 saturated heterocycles. The highest BCUT2D eigenvalue weighted by Gasteiger charge is 2.07. The smallest absolute Gasteiger partial charge is 0.317 e. The molecule has 0 aliphatic carbocycles. The van der Waals surface area contributed by atoms with Gasteiger partial charge in [0.2, 0.25) is 0 Å². The molecule has 0 aliphatic heterocycles. The van der Waals surface area contributed by atoms with Gasteiger partial charge in [-0.25, -0.2) is 4.79 Å². The molecule has 0 radical (unpaired) electrons. The number of amides is 2. The van der Waals surface area contributed by atoms with E-state index in [1.165, 1.54) is 0 Å². The van der Waals surface area contributed by atoms with E-state index in [1.54, 1.807) is 0 Å². The van der Waals surface area contributed by atoms with Crippen LogP contribution < -0.4 is 24.8 Å². The molecule has 0 spiro atoms. The summed E-state index contributed by atoms with van der Waals surface area (Å²) in [6.07, 6.45) is 0.693. The summed E-state index contributed by atoms with van der Waals surface area (Å²) in [7, 11) is 0. The second-order valence-electron chi connectivity index (χ2n) is 5.93. The number of aryl methyl sites for hydroxylation is 1. The van der Waals surface area contributed by atoms with Gasteiger partial charge < -0.3 is 24.8 Å². The third-order valence-corrected chi connectivity index (χ3v) is 3.80. The fourth-order valence-electron chi connectivity index (χ4n) is 2.45. The van der Waals surface area contributed by atoms with Gasteiger partial charge in [0.15, 0.2) is 18.2 Å². The van der Waals surface area contributed by atoms with E-state index in [-0.39, 0.29) is 12.8 Å². The van der Waals surface area contributed by atoms with Gasteiger partial charge in [-0.15, -0.1) is 0 Å². The third-order valence-electron chi connectivity index (χ3n) is 3.80. The van der Waals surface area contributed by atoms with Gasteiger partial charge in [0.25, 0.3) is 0 Å². The van der Waals surface area contributed by atoms with E-state index in [9.17, 15) is 4.79 Å². The predicted molar refractivity (Wildman–Crippen MR) is 106 cm³/mol. The van der Waals surface area contributed by atoms with Crippen LogP contribution in [-0.4, -0.2) is 32.5 Å². The van der Waals surface area contributed by atoms with Crippen molar-refractivity contribution in [2.45, 2.75) is 27.2 Å². The van der Waals surface area contributed by atoms with E-state index in [1.807, 2.05) is 63.2 Å². The van der Waals surface area contributed by atoms with Crippen LogP contribution in [-0.2, 0) is 6.42 Å². The Bertz CT molecular complexity index is 717. The molecule has 0 bridgehead atoms. The molecule has 2 N–H and O–H groups in total. The maximum atomic E-state index is 11.8. The zero-order chi connectivity index (χ0) is 19.5. The van der Waals surface area contributed by atoms with E-state index in [0.29, 0.717) is 26.2 Å². The largest absolute Gasteiger partial charge is 0.490 e. The Morgan fingerprint density at radius 2 is 1.59 bits per heavy atom. The summed E-state index contributed by atoms with van der Waals surface area (Å²) in [4.78, 5) is 11.8. The highest BCUT2D eigenvalue weighted by Crippen LogP contribution is 2.28. The molecule has 6 nitrogen and oxygen atoms in total. The van der Waals surface area contributed by atoms with Crippen LogP contribution in [0.4, 0.5) is 4.79 Å². The molecule has 0 aliphatic rings. The maximum absolute atomic E-state index is 11.8. The fraction of sp³-hybridized carbons (Fsp3) is 0.381. The van der Waals surface area contributed by atoms with Crippen LogP contribution in [0.1, 0.15) is 25.0 Å².